The molecule has 4 rings (SSSR count). The van der Waals surface area contributed by atoms with E-state index < -0.39 is 5.25 Å². The van der Waals surface area contributed by atoms with Gasteiger partial charge in [0.15, 0.2) is 5.25 Å². The number of nitrogens with zero attached hydrogens (tertiary/aromatic N) is 1. The van der Waals surface area contributed by atoms with Crippen molar-refractivity contribution in [3.8, 4) is 0 Å². The molecule has 6 nitrogen and oxygen atoms in total. The maximum Gasteiger partial charge on any atom is 0.247 e. The van der Waals surface area contributed by atoms with Gasteiger partial charge in [-0.15, -0.1) is 11.8 Å². The summed E-state index contributed by atoms with van der Waals surface area (Å²) in [5.41, 5.74) is 3.69. The van der Waals surface area contributed by atoms with Gasteiger partial charge in [-0.3, -0.25) is 14.4 Å². The molecule has 2 atom stereocenters. The molecule has 1 fully saturated rings. The van der Waals surface area contributed by atoms with E-state index >= 15 is 0 Å². The Balaban J connectivity index is 1.42. The number of aryl methyl sites for hydroxylation is 2. The van der Waals surface area contributed by atoms with Gasteiger partial charge < -0.3 is 15.5 Å². The summed E-state index contributed by atoms with van der Waals surface area (Å²) in [6.07, 6.45) is 1.47. The van der Waals surface area contributed by atoms with Crippen LogP contribution in [0.5, 0.6) is 0 Å². The van der Waals surface area contributed by atoms with Crippen LogP contribution in [0.15, 0.2) is 47.4 Å². The summed E-state index contributed by atoms with van der Waals surface area (Å²) in [7, 11) is 0. The minimum Gasteiger partial charge on any atom is -0.340 e. The first-order valence-electron chi connectivity index (χ1n) is 10.2. The zero-order valence-corrected chi connectivity index (χ0v) is 17.9. The average molecular weight is 424 g/mol. The van der Waals surface area contributed by atoms with E-state index in [9.17, 15) is 14.4 Å². The molecular weight excluding hydrogens is 398 g/mol. The third kappa shape index (κ3) is 4.21. The van der Waals surface area contributed by atoms with E-state index in [1.54, 1.807) is 4.90 Å². The van der Waals surface area contributed by atoms with E-state index in [0.717, 1.165) is 40.2 Å². The summed E-state index contributed by atoms with van der Waals surface area (Å²) >= 11 is 1.28. The SMILES string of the molecule is Cc1ccc(NC(=O)[C@@H]2CCCN(C(=O)[C@H]3Sc4ccccc4NC3=O)C2)c(C)c1. The van der Waals surface area contributed by atoms with Gasteiger partial charge in [0.2, 0.25) is 17.7 Å². The predicted molar refractivity (Wildman–Crippen MR) is 119 cm³/mol. The lowest BCUT2D eigenvalue weighted by Crippen LogP contribution is -2.50. The molecule has 0 spiro atoms. The maximum atomic E-state index is 13.1. The lowest BCUT2D eigenvalue weighted by Gasteiger charge is -2.35. The first-order valence-corrected chi connectivity index (χ1v) is 11.0. The Morgan fingerprint density at radius 1 is 1.17 bits per heavy atom. The highest BCUT2D eigenvalue weighted by Gasteiger charge is 2.38. The number of rotatable bonds is 3. The smallest absolute Gasteiger partial charge is 0.247 e. The third-order valence-electron chi connectivity index (χ3n) is 5.60. The number of hydrogen-bond donors (Lipinski definition) is 2. The normalized spacial score (nSPS) is 20.9. The zero-order chi connectivity index (χ0) is 21.3. The fourth-order valence-corrected chi connectivity index (χ4v) is 5.03. The number of benzene rings is 2. The van der Waals surface area contributed by atoms with Crippen molar-refractivity contribution in [2.45, 2.75) is 36.8 Å². The molecule has 2 N–H and O–H groups in total. The standard InChI is InChI=1S/C23H25N3O3S/c1-14-9-10-17(15(2)12-14)24-21(27)16-6-5-11-26(13-16)23(29)20-22(28)25-18-7-3-4-8-19(18)30-20/h3-4,7-10,12,16,20H,5-6,11,13H2,1-2H3,(H,24,27)(H,25,28)/t16-,20+/m1/s1. The van der Waals surface area contributed by atoms with Crippen LogP contribution >= 0.6 is 11.8 Å². The molecule has 0 bridgehead atoms. The van der Waals surface area contributed by atoms with Crippen molar-refractivity contribution in [1.29, 1.82) is 0 Å². The molecule has 0 aromatic heterocycles. The van der Waals surface area contributed by atoms with E-state index in [1.165, 1.54) is 11.8 Å². The Morgan fingerprint density at radius 2 is 1.97 bits per heavy atom. The zero-order valence-electron chi connectivity index (χ0n) is 17.1. The fraction of sp³-hybridized carbons (Fsp3) is 0.348. The van der Waals surface area contributed by atoms with Gasteiger partial charge in [0.05, 0.1) is 11.6 Å². The van der Waals surface area contributed by atoms with E-state index in [1.807, 2.05) is 56.3 Å². The van der Waals surface area contributed by atoms with Crippen molar-refractivity contribution < 1.29 is 14.4 Å². The van der Waals surface area contributed by atoms with Crippen molar-refractivity contribution >= 4 is 40.9 Å². The van der Waals surface area contributed by atoms with Crippen LogP contribution in [-0.2, 0) is 14.4 Å². The second-order valence-electron chi connectivity index (χ2n) is 7.91. The molecule has 3 amide bonds. The number of anilines is 2. The first-order chi connectivity index (χ1) is 14.4. The summed E-state index contributed by atoms with van der Waals surface area (Å²) < 4.78 is 0. The molecular formula is C23H25N3O3S. The van der Waals surface area contributed by atoms with E-state index in [2.05, 4.69) is 10.6 Å². The molecule has 2 aliphatic heterocycles. The van der Waals surface area contributed by atoms with Gasteiger partial charge in [-0.05, 0) is 50.5 Å². The summed E-state index contributed by atoms with van der Waals surface area (Å²) in [5, 5.41) is 5.01. The number of hydrogen-bond acceptors (Lipinski definition) is 4. The molecule has 7 heteroatoms. The average Bonchev–Trinajstić information content (AvgIpc) is 2.74. The first kappa shape index (κ1) is 20.5. The number of likely N-dealkylation sites (tertiary alicyclic amines) is 1. The quantitative estimate of drug-likeness (QED) is 0.740. The molecule has 156 valence electrons. The summed E-state index contributed by atoms with van der Waals surface area (Å²) in [6, 6.07) is 13.4. The van der Waals surface area contributed by atoms with Crippen LogP contribution in [0.3, 0.4) is 0 Å². The molecule has 30 heavy (non-hydrogen) atoms. The van der Waals surface area contributed by atoms with Gasteiger partial charge in [-0.2, -0.15) is 0 Å². The number of piperidine rings is 1. The largest absolute Gasteiger partial charge is 0.340 e. The monoisotopic (exact) mass is 423 g/mol. The van der Waals surface area contributed by atoms with Crippen molar-refractivity contribution in [2.24, 2.45) is 5.92 Å². The molecule has 0 unspecified atom stereocenters. The van der Waals surface area contributed by atoms with Crippen LogP contribution in [0.2, 0.25) is 0 Å². The Labute approximate surface area is 180 Å². The highest BCUT2D eigenvalue weighted by molar-refractivity contribution is 8.01. The topological polar surface area (TPSA) is 78.5 Å². The number of carbonyl (C=O) groups excluding carboxylic acids is 3. The fourth-order valence-electron chi connectivity index (χ4n) is 3.96. The van der Waals surface area contributed by atoms with Crippen LogP contribution in [0, 0.1) is 19.8 Å². The summed E-state index contributed by atoms with van der Waals surface area (Å²) in [6.45, 7) is 4.89. The van der Waals surface area contributed by atoms with Crippen LogP contribution in [-0.4, -0.2) is 41.0 Å². The molecule has 2 aliphatic rings. The Kier molecular flexibility index (Phi) is 5.81. The number of fused-ring (bicyclic) bond motifs is 1. The van der Waals surface area contributed by atoms with Crippen LogP contribution in [0.4, 0.5) is 11.4 Å². The molecule has 2 aromatic carbocycles. The summed E-state index contributed by atoms with van der Waals surface area (Å²) in [4.78, 5) is 41.0. The van der Waals surface area contributed by atoms with Crippen molar-refractivity contribution in [1.82, 2.24) is 4.90 Å². The van der Waals surface area contributed by atoms with E-state index in [-0.39, 0.29) is 23.6 Å². The highest BCUT2D eigenvalue weighted by atomic mass is 32.2. The van der Waals surface area contributed by atoms with Crippen molar-refractivity contribution in [3.63, 3.8) is 0 Å². The lowest BCUT2D eigenvalue weighted by molar-refractivity contribution is -0.136. The number of para-hydroxylation sites is 1. The van der Waals surface area contributed by atoms with Gasteiger partial charge in [-0.25, -0.2) is 0 Å². The Hall–Kier alpha value is -2.80. The van der Waals surface area contributed by atoms with Crippen LogP contribution < -0.4 is 10.6 Å². The minimum atomic E-state index is -0.818. The minimum absolute atomic E-state index is 0.0782. The van der Waals surface area contributed by atoms with Crippen molar-refractivity contribution in [3.05, 3.63) is 53.6 Å². The summed E-state index contributed by atoms with van der Waals surface area (Å²) in [5.74, 6) is -0.889. The van der Waals surface area contributed by atoms with Crippen LogP contribution in [0.1, 0.15) is 24.0 Å². The second kappa shape index (κ2) is 8.52. The van der Waals surface area contributed by atoms with Gasteiger partial charge in [-0.1, -0.05) is 29.8 Å². The van der Waals surface area contributed by atoms with Crippen molar-refractivity contribution in [2.75, 3.05) is 23.7 Å². The Bertz CT molecular complexity index is 1010. The van der Waals surface area contributed by atoms with Gasteiger partial charge in [0.25, 0.3) is 0 Å². The van der Waals surface area contributed by atoms with E-state index in [0.29, 0.717) is 13.1 Å². The lowest BCUT2D eigenvalue weighted by atomic mass is 9.96. The van der Waals surface area contributed by atoms with Gasteiger partial charge >= 0.3 is 0 Å². The maximum absolute atomic E-state index is 13.1. The van der Waals surface area contributed by atoms with Gasteiger partial charge in [0.1, 0.15) is 0 Å². The molecule has 0 saturated carbocycles. The number of amides is 3. The molecule has 1 saturated heterocycles. The molecule has 2 heterocycles. The van der Waals surface area contributed by atoms with Crippen LogP contribution in [0.25, 0.3) is 0 Å². The predicted octanol–water partition coefficient (Wildman–Crippen LogP) is 3.59. The highest BCUT2D eigenvalue weighted by Crippen LogP contribution is 2.36. The molecule has 2 aromatic rings. The van der Waals surface area contributed by atoms with Gasteiger partial charge in [0, 0.05) is 23.7 Å². The second-order valence-corrected chi connectivity index (χ2v) is 9.06. The Morgan fingerprint density at radius 3 is 2.77 bits per heavy atom. The van der Waals surface area contributed by atoms with E-state index in [4.69, 9.17) is 0 Å². The molecule has 0 aliphatic carbocycles. The molecule has 0 radical (unpaired) electrons. The number of nitrogens with one attached hydrogen (secondary N) is 2. The number of carbonyl (C=O) groups is 3. The third-order valence-corrected chi connectivity index (χ3v) is 6.86. The number of thioether (sulfide) groups is 1.